The summed E-state index contributed by atoms with van der Waals surface area (Å²) in [5, 5.41) is 2.86. The molecule has 4 aromatic rings. The largest absolute Gasteiger partial charge is 0.490 e. The fourth-order valence-corrected chi connectivity index (χ4v) is 4.90. The van der Waals surface area contributed by atoms with E-state index in [0.717, 1.165) is 23.3 Å². The number of aryl methyl sites for hydroxylation is 1. The number of carbonyl (C=O) groups excluding carboxylic acids is 1. The highest BCUT2D eigenvalue weighted by molar-refractivity contribution is 7.92. The number of para-hydroxylation sites is 2. The SMILES string of the molecule is Cn1c(CNC(=O)c2ccc(NS(=O)(=O)c3ccc4c(c3)OCCCO4)cc2)nc2ccccc21. The molecule has 0 atom stereocenters. The first-order valence-electron chi connectivity index (χ1n) is 11.1. The summed E-state index contributed by atoms with van der Waals surface area (Å²) >= 11 is 0. The van der Waals surface area contributed by atoms with Crippen LogP contribution in [0.4, 0.5) is 5.69 Å². The monoisotopic (exact) mass is 492 g/mol. The van der Waals surface area contributed by atoms with Crippen molar-refractivity contribution in [1.29, 1.82) is 0 Å². The standard InChI is InChI=1S/C25H24N4O5S/c1-29-21-6-3-2-5-20(21)27-24(29)16-26-25(30)17-7-9-18(10-8-17)28-35(31,32)19-11-12-22-23(15-19)34-14-4-13-33-22/h2-3,5-12,15,28H,4,13-14,16H2,1H3,(H,26,30). The lowest BCUT2D eigenvalue weighted by Crippen LogP contribution is -2.24. The second kappa shape index (κ2) is 9.30. The molecule has 0 unspecified atom stereocenters. The molecule has 0 bridgehead atoms. The summed E-state index contributed by atoms with van der Waals surface area (Å²) in [4.78, 5) is 17.2. The maximum atomic E-state index is 12.9. The van der Waals surface area contributed by atoms with Gasteiger partial charge < -0.3 is 19.4 Å². The Morgan fingerprint density at radius 1 is 1.00 bits per heavy atom. The zero-order valence-electron chi connectivity index (χ0n) is 19.0. The fourth-order valence-electron chi connectivity index (χ4n) is 3.83. The molecule has 1 aliphatic heterocycles. The molecule has 1 amide bonds. The Hall–Kier alpha value is -4.05. The minimum absolute atomic E-state index is 0.0611. The number of sulfonamides is 1. The van der Waals surface area contributed by atoms with Crippen molar-refractivity contribution >= 4 is 32.7 Å². The smallest absolute Gasteiger partial charge is 0.262 e. The highest BCUT2D eigenvalue weighted by Gasteiger charge is 2.19. The molecule has 1 aromatic heterocycles. The first-order chi connectivity index (χ1) is 16.9. The summed E-state index contributed by atoms with van der Waals surface area (Å²) < 4.78 is 41.3. The number of aromatic nitrogens is 2. The molecule has 0 saturated carbocycles. The molecule has 9 nitrogen and oxygen atoms in total. The average molecular weight is 493 g/mol. The summed E-state index contributed by atoms with van der Waals surface area (Å²) in [5.41, 5.74) is 2.60. The van der Waals surface area contributed by atoms with Crippen molar-refractivity contribution in [3.05, 3.63) is 78.1 Å². The Morgan fingerprint density at radius 3 is 2.51 bits per heavy atom. The van der Waals surface area contributed by atoms with Crippen molar-refractivity contribution in [1.82, 2.24) is 14.9 Å². The van der Waals surface area contributed by atoms with Crippen LogP contribution in [0.5, 0.6) is 11.5 Å². The number of hydrogen-bond donors (Lipinski definition) is 2. The van der Waals surface area contributed by atoms with Gasteiger partial charge in [0.2, 0.25) is 0 Å². The van der Waals surface area contributed by atoms with Crippen molar-refractivity contribution in [3.8, 4) is 11.5 Å². The van der Waals surface area contributed by atoms with Gasteiger partial charge >= 0.3 is 0 Å². The van der Waals surface area contributed by atoms with E-state index in [9.17, 15) is 13.2 Å². The Morgan fingerprint density at radius 2 is 1.74 bits per heavy atom. The molecule has 0 radical (unpaired) electrons. The number of ether oxygens (including phenoxy) is 2. The van der Waals surface area contributed by atoms with Crippen LogP contribution >= 0.6 is 0 Å². The normalized spacial score (nSPS) is 13.3. The average Bonchev–Trinajstić information content (AvgIpc) is 3.02. The maximum Gasteiger partial charge on any atom is 0.262 e. The second-order valence-electron chi connectivity index (χ2n) is 8.10. The molecule has 2 N–H and O–H groups in total. The predicted octanol–water partition coefficient (Wildman–Crippen LogP) is 3.47. The van der Waals surface area contributed by atoms with E-state index in [1.165, 1.54) is 12.1 Å². The number of carbonyl (C=O) groups is 1. The molecule has 3 aromatic carbocycles. The minimum Gasteiger partial charge on any atom is -0.490 e. The molecule has 1 aliphatic rings. The van der Waals surface area contributed by atoms with Crippen molar-refractivity contribution < 1.29 is 22.7 Å². The number of amides is 1. The van der Waals surface area contributed by atoms with E-state index in [4.69, 9.17) is 9.47 Å². The third kappa shape index (κ3) is 4.78. The van der Waals surface area contributed by atoms with Crippen molar-refractivity contribution in [2.45, 2.75) is 17.9 Å². The van der Waals surface area contributed by atoms with Crippen LogP contribution in [0.2, 0.25) is 0 Å². The van der Waals surface area contributed by atoms with Gasteiger partial charge in [0, 0.05) is 30.8 Å². The van der Waals surface area contributed by atoms with Gasteiger partial charge in [0.25, 0.3) is 15.9 Å². The molecule has 5 rings (SSSR count). The topological polar surface area (TPSA) is 112 Å². The number of imidazole rings is 1. The third-order valence-electron chi connectivity index (χ3n) is 5.72. The number of nitrogens with one attached hydrogen (secondary N) is 2. The fraction of sp³-hybridized carbons (Fsp3) is 0.200. The van der Waals surface area contributed by atoms with Crippen LogP contribution in [0.1, 0.15) is 22.6 Å². The van der Waals surface area contributed by atoms with Crippen LogP contribution in [-0.2, 0) is 23.6 Å². The van der Waals surface area contributed by atoms with Gasteiger partial charge in [0.15, 0.2) is 11.5 Å². The second-order valence-corrected chi connectivity index (χ2v) is 9.78. The van der Waals surface area contributed by atoms with E-state index >= 15 is 0 Å². The Balaban J connectivity index is 1.25. The van der Waals surface area contributed by atoms with E-state index in [1.54, 1.807) is 30.3 Å². The van der Waals surface area contributed by atoms with Crippen LogP contribution < -0.4 is 19.5 Å². The summed E-state index contributed by atoms with van der Waals surface area (Å²) in [5.74, 6) is 1.38. The Kier molecular flexibility index (Phi) is 6.04. The Bertz CT molecular complexity index is 1500. The zero-order valence-corrected chi connectivity index (χ0v) is 19.8. The first kappa shape index (κ1) is 22.7. The zero-order chi connectivity index (χ0) is 24.4. The van der Waals surface area contributed by atoms with Crippen LogP contribution in [-0.4, -0.2) is 37.1 Å². The summed E-state index contributed by atoms with van der Waals surface area (Å²) in [7, 11) is -1.95. The predicted molar refractivity (Wildman–Crippen MR) is 131 cm³/mol. The van der Waals surface area contributed by atoms with Crippen molar-refractivity contribution in [2.75, 3.05) is 17.9 Å². The number of fused-ring (bicyclic) bond motifs is 2. The summed E-state index contributed by atoms with van der Waals surface area (Å²) in [6.45, 7) is 1.25. The molecular weight excluding hydrogens is 468 g/mol. The third-order valence-corrected chi connectivity index (χ3v) is 7.09. The first-order valence-corrected chi connectivity index (χ1v) is 12.6. The van der Waals surface area contributed by atoms with Crippen LogP contribution in [0.25, 0.3) is 11.0 Å². The molecule has 10 heteroatoms. The highest BCUT2D eigenvalue weighted by atomic mass is 32.2. The number of benzene rings is 3. The number of nitrogens with zero attached hydrogens (tertiary/aromatic N) is 2. The van der Waals surface area contributed by atoms with E-state index in [-0.39, 0.29) is 17.3 Å². The van der Waals surface area contributed by atoms with E-state index in [2.05, 4.69) is 15.0 Å². The highest BCUT2D eigenvalue weighted by Crippen LogP contribution is 2.32. The molecule has 0 spiro atoms. The van der Waals surface area contributed by atoms with Crippen molar-refractivity contribution in [2.24, 2.45) is 7.05 Å². The minimum atomic E-state index is -3.85. The van der Waals surface area contributed by atoms with Crippen LogP contribution in [0, 0.1) is 0 Å². The molecule has 0 aliphatic carbocycles. The van der Waals surface area contributed by atoms with Gasteiger partial charge in [-0.1, -0.05) is 12.1 Å². The Labute approximate surface area is 202 Å². The van der Waals surface area contributed by atoms with Gasteiger partial charge in [0.05, 0.1) is 35.7 Å². The van der Waals surface area contributed by atoms with Gasteiger partial charge in [-0.15, -0.1) is 0 Å². The number of hydrogen-bond acceptors (Lipinski definition) is 6. The van der Waals surface area contributed by atoms with Gasteiger partial charge in [0.1, 0.15) is 5.82 Å². The van der Waals surface area contributed by atoms with Gasteiger partial charge in [-0.05, 0) is 48.5 Å². The van der Waals surface area contributed by atoms with E-state index < -0.39 is 10.0 Å². The lowest BCUT2D eigenvalue weighted by atomic mass is 10.2. The van der Waals surface area contributed by atoms with Gasteiger partial charge in [-0.2, -0.15) is 0 Å². The van der Waals surface area contributed by atoms with Crippen LogP contribution in [0.15, 0.2) is 71.6 Å². The lowest BCUT2D eigenvalue weighted by molar-refractivity contribution is 0.0949. The molecule has 0 fully saturated rings. The molecular formula is C25H24N4O5S. The van der Waals surface area contributed by atoms with E-state index in [0.29, 0.717) is 36.0 Å². The summed E-state index contributed by atoms with van der Waals surface area (Å²) in [6, 6.07) is 18.5. The summed E-state index contributed by atoms with van der Waals surface area (Å²) in [6.07, 6.45) is 0.730. The van der Waals surface area contributed by atoms with Crippen LogP contribution in [0.3, 0.4) is 0 Å². The molecule has 0 saturated heterocycles. The van der Waals surface area contributed by atoms with Gasteiger partial charge in [-0.3, -0.25) is 9.52 Å². The molecule has 2 heterocycles. The lowest BCUT2D eigenvalue weighted by Gasteiger charge is -2.12. The molecule has 35 heavy (non-hydrogen) atoms. The number of rotatable bonds is 6. The van der Waals surface area contributed by atoms with Gasteiger partial charge in [-0.25, -0.2) is 13.4 Å². The van der Waals surface area contributed by atoms with E-state index in [1.807, 2.05) is 35.9 Å². The maximum absolute atomic E-state index is 12.9. The number of anilines is 1. The molecule has 180 valence electrons. The van der Waals surface area contributed by atoms with Crippen molar-refractivity contribution in [3.63, 3.8) is 0 Å². The quantitative estimate of drug-likeness (QED) is 0.426.